The van der Waals surface area contributed by atoms with E-state index in [0.29, 0.717) is 18.8 Å². The number of carbonyl (C=O) groups excluding carboxylic acids is 3. The first-order valence-electron chi connectivity index (χ1n) is 10.6. The number of piperidine rings is 1. The molecule has 7 heteroatoms. The lowest BCUT2D eigenvalue weighted by atomic mass is 9.65. The van der Waals surface area contributed by atoms with E-state index in [2.05, 4.69) is 11.0 Å². The van der Waals surface area contributed by atoms with Crippen LogP contribution in [0, 0.1) is 17.8 Å². The number of esters is 1. The monoisotopic (exact) mass is 410 g/mol. The number of ether oxygens (including phenoxy) is 2. The van der Waals surface area contributed by atoms with E-state index in [1.165, 1.54) is 19.8 Å². The summed E-state index contributed by atoms with van der Waals surface area (Å²) in [6.07, 6.45) is 2.38. The summed E-state index contributed by atoms with van der Waals surface area (Å²) < 4.78 is 11.8. The molecule has 2 aliphatic heterocycles. The molecule has 1 aromatic heterocycles. The van der Waals surface area contributed by atoms with Crippen molar-refractivity contribution in [2.75, 3.05) is 27.3 Å². The molecule has 7 nitrogen and oxygen atoms in total. The minimum absolute atomic E-state index is 0.0129. The zero-order valence-corrected chi connectivity index (χ0v) is 17.3. The first-order chi connectivity index (χ1) is 14.5. The Morgan fingerprint density at radius 3 is 2.67 bits per heavy atom. The van der Waals surface area contributed by atoms with Gasteiger partial charge in [-0.05, 0) is 42.7 Å². The number of aromatic nitrogens is 1. The lowest BCUT2D eigenvalue weighted by Crippen LogP contribution is -2.52. The summed E-state index contributed by atoms with van der Waals surface area (Å²) in [6.45, 7) is 1.74. The molecule has 1 saturated carbocycles. The van der Waals surface area contributed by atoms with Crippen molar-refractivity contribution in [3.05, 3.63) is 35.5 Å². The predicted molar refractivity (Wildman–Crippen MR) is 109 cm³/mol. The summed E-state index contributed by atoms with van der Waals surface area (Å²) >= 11 is 0. The molecule has 3 heterocycles. The van der Waals surface area contributed by atoms with E-state index in [1.54, 1.807) is 4.57 Å². The fourth-order valence-corrected chi connectivity index (χ4v) is 6.05. The summed E-state index contributed by atoms with van der Waals surface area (Å²) in [6, 6.07) is 7.88. The van der Waals surface area contributed by atoms with Crippen LogP contribution in [0.2, 0.25) is 0 Å². The number of fused-ring (bicyclic) bond motifs is 6. The van der Waals surface area contributed by atoms with Gasteiger partial charge in [0.2, 0.25) is 0 Å². The molecule has 0 unspecified atom stereocenters. The van der Waals surface area contributed by atoms with Crippen LogP contribution in [-0.2, 0) is 25.5 Å². The Hall–Kier alpha value is -2.67. The summed E-state index contributed by atoms with van der Waals surface area (Å²) in [5.74, 6) is -0.901. The maximum atomic E-state index is 12.8. The van der Waals surface area contributed by atoms with Crippen LogP contribution in [0.5, 0.6) is 0 Å². The van der Waals surface area contributed by atoms with E-state index < -0.39 is 18.0 Å². The van der Waals surface area contributed by atoms with Gasteiger partial charge in [0.25, 0.3) is 0 Å². The number of carbonyl (C=O) groups is 3. The number of hydrogen-bond donors (Lipinski definition) is 0. The Labute approximate surface area is 174 Å². The standard InChI is InChI=1S/C23H26N2O5/c1-29-22(27)20-16-11-18-21-15(9-10-24(18)12-13(16)7-8-19(20)26)14-5-3-4-6-17(14)25(21)23(28)30-2/h3-6,13,16,18,20H,7-12H2,1-2H3/t13-,16+,18-,20+/m1/s1. The highest BCUT2D eigenvalue weighted by Crippen LogP contribution is 2.49. The Bertz CT molecular complexity index is 1030. The van der Waals surface area contributed by atoms with Crippen LogP contribution < -0.4 is 0 Å². The van der Waals surface area contributed by atoms with E-state index in [4.69, 9.17) is 9.47 Å². The lowest BCUT2D eigenvalue weighted by molar-refractivity contribution is -0.157. The fourth-order valence-electron chi connectivity index (χ4n) is 6.05. The number of hydrogen-bond acceptors (Lipinski definition) is 6. The number of nitrogens with zero attached hydrogens (tertiary/aromatic N) is 2. The lowest BCUT2D eigenvalue weighted by Gasteiger charge is -2.49. The van der Waals surface area contributed by atoms with E-state index in [1.807, 2.05) is 18.2 Å². The molecule has 1 aromatic carbocycles. The van der Waals surface area contributed by atoms with Crippen LogP contribution in [0.3, 0.4) is 0 Å². The molecule has 1 aliphatic carbocycles. The van der Waals surface area contributed by atoms with Crippen LogP contribution in [0.25, 0.3) is 10.9 Å². The second-order valence-electron chi connectivity index (χ2n) is 8.61. The van der Waals surface area contributed by atoms with Gasteiger partial charge in [0.05, 0.1) is 31.5 Å². The van der Waals surface area contributed by atoms with Gasteiger partial charge in [-0.3, -0.25) is 14.5 Å². The number of methoxy groups -OCH3 is 2. The Balaban J connectivity index is 1.62. The molecule has 0 N–H and O–H groups in total. The Kier molecular flexibility index (Phi) is 4.65. The normalized spacial score (nSPS) is 28.4. The average Bonchev–Trinajstić information content (AvgIpc) is 3.11. The van der Waals surface area contributed by atoms with Gasteiger partial charge in [-0.1, -0.05) is 18.2 Å². The highest BCUT2D eigenvalue weighted by atomic mass is 16.5. The van der Waals surface area contributed by atoms with Crippen molar-refractivity contribution in [3.8, 4) is 0 Å². The minimum atomic E-state index is -0.697. The first kappa shape index (κ1) is 19.3. The highest BCUT2D eigenvalue weighted by Gasteiger charge is 2.50. The molecule has 158 valence electrons. The van der Waals surface area contributed by atoms with E-state index in [9.17, 15) is 14.4 Å². The smallest absolute Gasteiger partial charge is 0.418 e. The maximum absolute atomic E-state index is 12.8. The molecule has 0 spiro atoms. The van der Waals surface area contributed by atoms with Crippen LogP contribution in [0.15, 0.2) is 24.3 Å². The molecule has 2 fully saturated rings. The fraction of sp³-hybridized carbons (Fsp3) is 0.522. The predicted octanol–water partition coefficient (Wildman–Crippen LogP) is 2.94. The number of Topliss-reactive ketones (excluding diaryl/α,β-unsaturated/α-hetero) is 1. The molecule has 5 rings (SSSR count). The van der Waals surface area contributed by atoms with Gasteiger partial charge in [0.1, 0.15) is 11.7 Å². The second kappa shape index (κ2) is 7.23. The molecular weight excluding hydrogens is 384 g/mol. The zero-order chi connectivity index (χ0) is 21.0. The van der Waals surface area contributed by atoms with E-state index in [-0.39, 0.29) is 17.7 Å². The SMILES string of the molecule is COC(=O)[C@@H]1C(=O)CC[C@@H]2CN3CCc4c(n(C(=O)OC)c5ccccc45)[C@H]3C[C@@H]21. The summed E-state index contributed by atoms with van der Waals surface area (Å²) in [5, 5.41) is 1.07. The van der Waals surface area contributed by atoms with Gasteiger partial charge in [-0.2, -0.15) is 0 Å². The van der Waals surface area contributed by atoms with Crippen LogP contribution in [0.1, 0.15) is 36.6 Å². The van der Waals surface area contributed by atoms with Gasteiger partial charge in [0, 0.05) is 24.9 Å². The van der Waals surface area contributed by atoms with Crippen molar-refractivity contribution in [3.63, 3.8) is 0 Å². The third kappa shape index (κ3) is 2.71. The quantitative estimate of drug-likeness (QED) is 0.531. The van der Waals surface area contributed by atoms with Crippen molar-refractivity contribution >= 4 is 28.7 Å². The second-order valence-corrected chi connectivity index (χ2v) is 8.61. The zero-order valence-electron chi connectivity index (χ0n) is 17.3. The number of rotatable bonds is 1. The van der Waals surface area contributed by atoms with Crippen LogP contribution in [0.4, 0.5) is 4.79 Å². The van der Waals surface area contributed by atoms with E-state index >= 15 is 0 Å². The summed E-state index contributed by atoms with van der Waals surface area (Å²) in [5.41, 5.74) is 2.98. The molecular formula is C23H26N2O5. The topological polar surface area (TPSA) is 77.8 Å². The number of para-hydroxylation sites is 1. The molecule has 0 bridgehead atoms. The van der Waals surface area contributed by atoms with Crippen molar-refractivity contribution < 1.29 is 23.9 Å². The maximum Gasteiger partial charge on any atom is 0.418 e. The third-order valence-electron chi connectivity index (χ3n) is 7.34. The summed E-state index contributed by atoms with van der Waals surface area (Å²) in [7, 11) is 2.75. The molecule has 3 aliphatic rings. The Morgan fingerprint density at radius 1 is 1.10 bits per heavy atom. The van der Waals surface area contributed by atoms with Crippen molar-refractivity contribution in [2.45, 2.75) is 31.7 Å². The molecule has 4 atom stereocenters. The number of benzene rings is 1. The van der Waals surface area contributed by atoms with Gasteiger partial charge in [-0.25, -0.2) is 9.36 Å². The van der Waals surface area contributed by atoms with Crippen LogP contribution in [-0.4, -0.2) is 54.6 Å². The molecule has 2 aromatic rings. The highest BCUT2D eigenvalue weighted by molar-refractivity contribution is 6.00. The molecule has 0 amide bonds. The number of ketones is 1. The van der Waals surface area contributed by atoms with Gasteiger partial charge in [0.15, 0.2) is 0 Å². The molecule has 0 radical (unpaired) electrons. The van der Waals surface area contributed by atoms with Crippen LogP contribution >= 0.6 is 0 Å². The van der Waals surface area contributed by atoms with Gasteiger partial charge >= 0.3 is 12.1 Å². The third-order valence-corrected chi connectivity index (χ3v) is 7.34. The van der Waals surface area contributed by atoms with Crippen molar-refractivity contribution in [1.82, 2.24) is 9.47 Å². The Morgan fingerprint density at radius 2 is 1.90 bits per heavy atom. The molecule has 1 saturated heterocycles. The average molecular weight is 410 g/mol. The van der Waals surface area contributed by atoms with Crippen molar-refractivity contribution in [1.29, 1.82) is 0 Å². The molecule has 30 heavy (non-hydrogen) atoms. The van der Waals surface area contributed by atoms with Gasteiger partial charge < -0.3 is 9.47 Å². The van der Waals surface area contributed by atoms with Crippen molar-refractivity contribution in [2.24, 2.45) is 17.8 Å². The minimum Gasteiger partial charge on any atom is -0.468 e. The first-order valence-corrected chi connectivity index (χ1v) is 10.6. The van der Waals surface area contributed by atoms with Gasteiger partial charge in [-0.15, -0.1) is 0 Å². The largest absolute Gasteiger partial charge is 0.468 e. The summed E-state index contributed by atoms with van der Waals surface area (Å²) in [4.78, 5) is 40.3. The van der Waals surface area contributed by atoms with E-state index in [0.717, 1.165) is 42.5 Å².